The molecule has 1 saturated heterocycles. The quantitative estimate of drug-likeness (QED) is 0.331. The Labute approximate surface area is 211 Å². The Hall–Kier alpha value is -2.88. The van der Waals surface area contributed by atoms with Crippen molar-refractivity contribution in [3.8, 4) is 17.2 Å². The summed E-state index contributed by atoms with van der Waals surface area (Å²) < 4.78 is 98.6. The molecule has 2 aromatic carbocycles. The van der Waals surface area contributed by atoms with Crippen molar-refractivity contribution in [2.24, 2.45) is 5.92 Å². The van der Waals surface area contributed by atoms with E-state index in [1.807, 2.05) is 0 Å². The number of piperidine rings is 1. The fraction of sp³-hybridized carbons (Fsp3) is 0.409. The number of sulfonamides is 1. The average Bonchev–Trinajstić information content (AvgIpc) is 2.84. The predicted octanol–water partition coefficient (Wildman–Crippen LogP) is 3.09. The van der Waals surface area contributed by atoms with Gasteiger partial charge in [-0.15, -0.1) is 13.2 Å². The number of alkyl halides is 3. The van der Waals surface area contributed by atoms with Gasteiger partial charge < -0.3 is 9.47 Å². The molecule has 0 saturated carbocycles. The maximum atomic E-state index is 12.9. The number of ether oxygens (including phenoxy) is 2. The van der Waals surface area contributed by atoms with Gasteiger partial charge in [0.1, 0.15) is 17.2 Å². The molecule has 1 unspecified atom stereocenters. The Bertz CT molecular complexity index is 1280. The number of amides is 1. The third kappa shape index (κ3) is 8.31. The minimum atomic E-state index is -4.84. The summed E-state index contributed by atoms with van der Waals surface area (Å²) in [6.07, 6.45) is -2.64. The molecule has 0 aliphatic carbocycles. The number of carbonyl (C=O) groups excluding carboxylic acids is 1. The number of benzene rings is 2. The molecule has 1 atom stereocenters. The molecule has 10 nitrogen and oxygen atoms in total. The minimum absolute atomic E-state index is 0.160. The molecule has 2 N–H and O–H groups in total. The molecule has 0 bridgehead atoms. The Balaban J connectivity index is 1.69. The van der Waals surface area contributed by atoms with Crippen LogP contribution < -0.4 is 15.0 Å². The molecule has 1 aliphatic rings. The Kier molecular flexibility index (Phi) is 9.05. The molecule has 1 heterocycles. The first kappa shape index (κ1) is 28.7. The van der Waals surface area contributed by atoms with Crippen molar-refractivity contribution in [3.63, 3.8) is 0 Å². The zero-order valence-corrected chi connectivity index (χ0v) is 21.0. The summed E-state index contributed by atoms with van der Waals surface area (Å²) in [6.45, 7) is 0.560. The van der Waals surface area contributed by atoms with Crippen LogP contribution in [0.4, 0.5) is 13.2 Å². The summed E-state index contributed by atoms with van der Waals surface area (Å²) in [4.78, 5) is 11.9. The Morgan fingerprint density at radius 1 is 0.892 bits per heavy atom. The molecule has 3 rings (SSSR count). The van der Waals surface area contributed by atoms with Crippen molar-refractivity contribution >= 4 is 25.8 Å². The van der Waals surface area contributed by atoms with Gasteiger partial charge in [-0.2, -0.15) is 0 Å². The highest BCUT2D eigenvalue weighted by Crippen LogP contribution is 2.28. The van der Waals surface area contributed by atoms with E-state index in [0.29, 0.717) is 12.8 Å². The van der Waals surface area contributed by atoms with Crippen molar-refractivity contribution in [3.05, 3.63) is 48.5 Å². The predicted molar refractivity (Wildman–Crippen MR) is 124 cm³/mol. The zero-order valence-electron chi connectivity index (χ0n) is 19.3. The Morgan fingerprint density at radius 2 is 1.41 bits per heavy atom. The van der Waals surface area contributed by atoms with Crippen LogP contribution in [0.25, 0.3) is 0 Å². The lowest BCUT2D eigenvalue weighted by atomic mass is 10.2. The first-order chi connectivity index (χ1) is 17.3. The SMILES string of the molecule is O=C(NO)C(CS(=O)(=O)c1ccc(Oc2ccc(OC(F)(F)F)cc2)cc1)CS(=O)(=O)N1CCCCC1. The molecular weight excluding hydrogens is 541 g/mol. The number of hydroxylamine groups is 1. The molecule has 37 heavy (non-hydrogen) atoms. The second kappa shape index (κ2) is 11.7. The second-order valence-electron chi connectivity index (χ2n) is 8.29. The van der Waals surface area contributed by atoms with E-state index in [1.165, 1.54) is 46.2 Å². The van der Waals surface area contributed by atoms with Gasteiger partial charge in [0.15, 0.2) is 9.84 Å². The minimum Gasteiger partial charge on any atom is -0.457 e. The van der Waals surface area contributed by atoms with Crippen molar-refractivity contribution in [1.29, 1.82) is 0 Å². The monoisotopic (exact) mass is 566 g/mol. The Morgan fingerprint density at radius 3 is 1.92 bits per heavy atom. The van der Waals surface area contributed by atoms with Gasteiger partial charge in [-0.3, -0.25) is 10.0 Å². The van der Waals surface area contributed by atoms with E-state index in [1.54, 1.807) is 0 Å². The molecule has 1 aliphatic heterocycles. The number of nitrogens with one attached hydrogen (secondary N) is 1. The molecule has 1 amide bonds. The van der Waals surface area contributed by atoms with E-state index in [4.69, 9.17) is 9.94 Å². The highest BCUT2D eigenvalue weighted by molar-refractivity contribution is 7.91. The maximum Gasteiger partial charge on any atom is 0.573 e. The van der Waals surface area contributed by atoms with Crippen LogP contribution in [0.15, 0.2) is 53.4 Å². The van der Waals surface area contributed by atoms with Crippen molar-refractivity contribution < 1.29 is 49.5 Å². The van der Waals surface area contributed by atoms with Crippen LogP contribution in [0.3, 0.4) is 0 Å². The number of sulfone groups is 1. The van der Waals surface area contributed by atoms with Crippen molar-refractivity contribution in [1.82, 2.24) is 9.79 Å². The number of hydrogen-bond acceptors (Lipinski definition) is 8. The zero-order chi connectivity index (χ0) is 27.3. The number of halogens is 3. The third-order valence-electron chi connectivity index (χ3n) is 5.50. The fourth-order valence-corrected chi connectivity index (χ4v) is 7.21. The topological polar surface area (TPSA) is 139 Å². The highest BCUT2D eigenvalue weighted by atomic mass is 32.2. The summed E-state index contributed by atoms with van der Waals surface area (Å²) in [7, 11) is -8.11. The summed E-state index contributed by atoms with van der Waals surface area (Å²) in [5, 5.41) is 9.05. The molecule has 0 aromatic heterocycles. The van der Waals surface area contributed by atoms with Gasteiger partial charge in [-0.05, 0) is 61.4 Å². The highest BCUT2D eigenvalue weighted by Gasteiger charge is 2.34. The van der Waals surface area contributed by atoms with Gasteiger partial charge in [0.2, 0.25) is 15.9 Å². The molecular formula is C22H25F3N2O8S2. The van der Waals surface area contributed by atoms with E-state index >= 15 is 0 Å². The second-order valence-corrected chi connectivity index (χ2v) is 12.3. The van der Waals surface area contributed by atoms with Crippen LogP contribution in [0.1, 0.15) is 19.3 Å². The van der Waals surface area contributed by atoms with E-state index in [-0.39, 0.29) is 29.5 Å². The van der Waals surface area contributed by atoms with E-state index in [9.17, 15) is 34.8 Å². The summed E-state index contributed by atoms with van der Waals surface area (Å²) in [6, 6.07) is 9.49. The summed E-state index contributed by atoms with van der Waals surface area (Å²) in [5.41, 5.74) is 1.34. The first-order valence-corrected chi connectivity index (χ1v) is 14.3. The number of nitrogens with zero attached hydrogens (tertiary/aromatic N) is 1. The van der Waals surface area contributed by atoms with Crippen LogP contribution in [0, 0.1) is 5.92 Å². The average molecular weight is 567 g/mol. The van der Waals surface area contributed by atoms with Crippen LogP contribution in [0.5, 0.6) is 17.2 Å². The molecule has 0 radical (unpaired) electrons. The normalized spacial score (nSPS) is 16.1. The van der Waals surface area contributed by atoms with Gasteiger partial charge >= 0.3 is 6.36 Å². The summed E-state index contributed by atoms with van der Waals surface area (Å²) in [5.74, 6) is -4.46. The van der Waals surface area contributed by atoms with Gasteiger partial charge in [0.05, 0.1) is 22.3 Å². The van der Waals surface area contributed by atoms with Crippen molar-refractivity contribution in [2.75, 3.05) is 24.6 Å². The van der Waals surface area contributed by atoms with Crippen LogP contribution in [-0.2, 0) is 24.7 Å². The largest absolute Gasteiger partial charge is 0.573 e. The molecule has 0 spiro atoms. The number of hydrogen-bond donors (Lipinski definition) is 2. The summed E-state index contributed by atoms with van der Waals surface area (Å²) >= 11 is 0. The smallest absolute Gasteiger partial charge is 0.457 e. The fourth-order valence-electron chi connectivity index (χ4n) is 3.72. The van der Waals surface area contributed by atoms with E-state index < -0.39 is 55.3 Å². The number of carbonyl (C=O) groups is 1. The third-order valence-corrected chi connectivity index (χ3v) is 9.30. The molecule has 1 fully saturated rings. The van der Waals surface area contributed by atoms with Gasteiger partial charge in [0.25, 0.3) is 0 Å². The lowest BCUT2D eigenvalue weighted by molar-refractivity contribution is -0.274. The lowest BCUT2D eigenvalue weighted by Crippen LogP contribution is -2.43. The number of rotatable bonds is 10. The standard InChI is InChI=1S/C22H25F3N2O8S2/c23-22(24,25)35-19-6-4-17(5-7-19)34-18-8-10-20(11-9-18)36(30,31)14-16(21(28)26-29)15-37(32,33)27-12-2-1-3-13-27/h4-11,16,29H,1-3,12-15H2,(H,26,28). The van der Waals surface area contributed by atoms with Crippen LogP contribution in [-0.4, -0.2) is 63.2 Å². The molecule has 204 valence electrons. The van der Waals surface area contributed by atoms with Gasteiger partial charge in [0, 0.05) is 13.1 Å². The van der Waals surface area contributed by atoms with Gasteiger partial charge in [-0.1, -0.05) is 6.42 Å². The first-order valence-electron chi connectivity index (χ1n) is 11.1. The maximum absolute atomic E-state index is 12.9. The van der Waals surface area contributed by atoms with E-state index in [0.717, 1.165) is 18.6 Å². The van der Waals surface area contributed by atoms with Crippen molar-refractivity contribution in [2.45, 2.75) is 30.5 Å². The lowest BCUT2D eigenvalue weighted by Gasteiger charge is -2.27. The van der Waals surface area contributed by atoms with Crippen LogP contribution in [0.2, 0.25) is 0 Å². The van der Waals surface area contributed by atoms with Crippen LogP contribution >= 0.6 is 0 Å². The van der Waals surface area contributed by atoms with Gasteiger partial charge in [-0.25, -0.2) is 26.6 Å². The van der Waals surface area contributed by atoms with E-state index in [2.05, 4.69) is 4.74 Å². The molecule has 15 heteroatoms. The molecule has 2 aromatic rings.